The van der Waals surface area contributed by atoms with Crippen LogP contribution in [-0.2, 0) is 22.7 Å². The smallest absolute Gasteiger partial charge is 0.413 e. The third kappa shape index (κ3) is 3.25. The Labute approximate surface area is 128 Å². The minimum atomic E-state index is -0.686. The molecule has 0 unspecified atom stereocenters. The molecule has 1 aromatic carbocycles. The standard InChI is InChI=1S/C12H12BrFN2O3S/c1-2-19-12(17)16-11(20)15-8-3-6-4-18-5-7(6)9(13)10(8)14/h3H,2,4-5H2,1H3,(H2,15,16,17,20). The first-order chi connectivity index (χ1) is 9.52. The van der Waals surface area contributed by atoms with E-state index in [0.29, 0.717) is 17.7 Å². The van der Waals surface area contributed by atoms with Gasteiger partial charge in [-0.1, -0.05) is 0 Å². The van der Waals surface area contributed by atoms with E-state index in [9.17, 15) is 9.18 Å². The molecule has 0 radical (unpaired) electrons. The van der Waals surface area contributed by atoms with Crippen LogP contribution in [0, 0.1) is 5.82 Å². The molecule has 1 amide bonds. The van der Waals surface area contributed by atoms with Crippen LogP contribution in [0.1, 0.15) is 18.1 Å². The number of hydrogen-bond donors (Lipinski definition) is 2. The van der Waals surface area contributed by atoms with Gasteiger partial charge < -0.3 is 14.8 Å². The third-order valence-corrected chi connectivity index (χ3v) is 3.67. The van der Waals surface area contributed by atoms with E-state index in [1.165, 1.54) is 0 Å². The summed E-state index contributed by atoms with van der Waals surface area (Å²) in [5.41, 5.74) is 1.83. The molecule has 1 aromatic rings. The minimum Gasteiger partial charge on any atom is -0.450 e. The molecule has 0 fully saturated rings. The van der Waals surface area contributed by atoms with Crippen molar-refractivity contribution < 1.29 is 18.7 Å². The molecule has 1 aliphatic rings. The average molecular weight is 363 g/mol. The van der Waals surface area contributed by atoms with Crippen molar-refractivity contribution in [1.82, 2.24) is 5.32 Å². The molecule has 0 saturated heterocycles. The van der Waals surface area contributed by atoms with Gasteiger partial charge in [0, 0.05) is 5.56 Å². The quantitative estimate of drug-likeness (QED) is 0.791. The number of hydrogen-bond acceptors (Lipinski definition) is 4. The second-order valence-electron chi connectivity index (χ2n) is 3.98. The molecule has 0 saturated carbocycles. The zero-order chi connectivity index (χ0) is 14.7. The van der Waals surface area contributed by atoms with Crippen molar-refractivity contribution in [3.8, 4) is 0 Å². The Hall–Kier alpha value is -1.25. The number of carbonyl (C=O) groups is 1. The van der Waals surface area contributed by atoms with Gasteiger partial charge in [0.05, 0.1) is 30.0 Å². The van der Waals surface area contributed by atoms with Crippen LogP contribution in [0.2, 0.25) is 0 Å². The lowest BCUT2D eigenvalue weighted by Crippen LogP contribution is -2.34. The molecule has 1 aliphatic heterocycles. The molecular formula is C12H12BrFN2O3S. The molecule has 8 heteroatoms. The fourth-order valence-corrected chi connectivity index (χ4v) is 2.54. The van der Waals surface area contributed by atoms with Crippen molar-refractivity contribution in [3.05, 3.63) is 27.5 Å². The lowest BCUT2D eigenvalue weighted by Gasteiger charge is -2.12. The van der Waals surface area contributed by atoms with Crippen LogP contribution >= 0.6 is 28.1 Å². The Morgan fingerprint density at radius 1 is 1.60 bits per heavy atom. The molecule has 0 atom stereocenters. The molecule has 108 valence electrons. The van der Waals surface area contributed by atoms with Gasteiger partial charge in [-0.15, -0.1) is 0 Å². The highest BCUT2D eigenvalue weighted by Gasteiger charge is 2.21. The number of alkyl carbamates (subject to hydrolysis) is 1. The van der Waals surface area contributed by atoms with Gasteiger partial charge in [-0.2, -0.15) is 0 Å². The highest BCUT2D eigenvalue weighted by Crippen LogP contribution is 2.34. The number of halogens is 2. The van der Waals surface area contributed by atoms with E-state index in [1.54, 1.807) is 13.0 Å². The Morgan fingerprint density at radius 3 is 3.05 bits per heavy atom. The normalized spacial score (nSPS) is 12.8. The Morgan fingerprint density at radius 2 is 2.35 bits per heavy atom. The molecule has 20 heavy (non-hydrogen) atoms. The van der Waals surface area contributed by atoms with Crippen LogP contribution in [0.15, 0.2) is 10.5 Å². The van der Waals surface area contributed by atoms with Crippen LogP contribution in [0.5, 0.6) is 0 Å². The van der Waals surface area contributed by atoms with Gasteiger partial charge in [-0.25, -0.2) is 9.18 Å². The molecular weight excluding hydrogens is 351 g/mol. The van der Waals surface area contributed by atoms with E-state index in [-0.39, 0.29) is 17.4 Å². The van der Waals surface area contributed by atoms with E-state index >= 15 is 0 Å². The topological polar surface area (TPSA) is 59.6 Å². The van der Waals surface area contributed by atoms with Crippen molar-refractivity contribution in [1.29, 1.82) is 0 Å². The van der Waals surface area contributed by atoms with E-state index in [0.717, 1.165) is 11.1 Å². The number of nitrogens with one attached hydrogen (secondary N) is 2. The highest BCUT2D eigenvalue weighted by molar-refractivity contribution is 9.10. The van der Waals surface area contributed by atoms with Crippen LogP contribution < -0.4 is 10.6 Å². The maximum atomic E-state index is 14.1. The number of ether oxygens (including phenoxy) is 2. The molecule has 2 N–H and O–H groups in total. The lowest BCUT2D eigenvalue weighted by molar-refractivity contribution is 0.134. The van der Waals surface area contributed by atoms with Crippen LogP contribution in [-0.4, -0.2) is 17.8 Å². The summed E-state index contributed by atoms with van der Waals surface area (Å²) in [6.07, 6.45) is -0.686. The number of fused-ring (bicyclic) bond motifs is 1. The Bertz CT molecular complexity index is 568. The monoisotopic (exact) mass is 362 g/mol. The molecule has 1 heterocycles. The summed E-state index contributed by atoms with van der Waals surface area (Å²) in [6, 6.07) is 1.61. The summed E-state index contributed by atoms with van der Waals surface area (Å²) in [5.74, 6) is -0.484. The van der Waals surface area contributed by atoms with Crippen molar-refractivity contribution in [2.45, 2.75) is 20.1 Å². The number of carbonyl (C=O) groups excluding carboxylic acids is 1. The second kappa shape index (κ2) is 6.47. The summed E-state index contributed by atoms with van der Waals surface area (Å²) in [5, 5.41) is 4.88. The molecule has 0 spiro atoms. The zero-order valence-electron chi connectivity index (χ0n) is 10.6. The van der Waals surface area contributed by atoms with Crippen LogP contribution in [0.25, 0.3) is 0 Å². The van der Waals surface area contributed by atoms with Crippen molar-refractivity contribution >= 4 is 45.0 Å². The maximum Gasteiger partial charge on any atom is 0.413 e. The molecule has 0 aliphatic carbocycles. The first kappa shape index (κ1) is 15.1. The first-order valence-electron chi connectivity index (χ1n) is 5.85. The molecule has 0 aromatic heterocycles. The molecule has 5 nitrogen and oxygen atoms in total. The highest BCUT2D eigenvalue weighted by atomic mass is 79.9. The van der Waals surface area contributed by atoms with Gasteiger partial charge in [0.2, 0.25) is 0 Å². The van der Waals surface area contributed by atoms with Gasteiger partial charge in [-0.05, 0) is 46.7 Å². The zero-order valence-corrected chi connectivity index (χ0v) is 13.0. The summed E-state index contributed by atoms with van der Waals surface area (Å²) < 4.78 is 24.4. The van der Waals surface area contributed by atoms with Gasteiger partial charge >= 0.3 is 6.09 Å². The average Bonchev–Trinajstić information content (AvgIpc) is 2.84. The van der Waals surface area contributed by atoms with Crippen molar-refractivity contribution in [2.24, 2.45) is 0 Å². The fourth-order valence-electron chi connectivity index (χ4n) is 1.77. The van der Waals surface area contributed by atoms with E-state index in [2.05, 4.69) is 31.3 Å². The van der Waals surface area contributed by atoms with Crippen molar-refractivity contribution in [2.75, 3.05) is 11.9 Å². The Balaban J connectivity index is 2.12. The fraction of sp³-hybridized carbons (Fsp3) is 0.333. The summed E-state index contributed by atoms with van der Waals surface area (Å²) in [4.78, 5) is 11.2. The van der Waals surface area contributed by atoms with E-state index < -0.39 is 11.9 Å². The predicted molar refractivity (Wildman–Crippen MR) is 79.0 cm³/mol. The maximum absolute atomic E-state index is 14.1. The van der Waals surface area contributed by atoms with Gasteiger partial charge in [0.15, 0.2) is 10.9 Å². The number of anilines is 1. The first-order valence-corrected chi connectivity index (χ1v) is 7.05. The summed E-state index contributed by atoms with van der Waals surface area (Å²) >= 11 is 8.12. The number of benzene rings is 1. The largest absolute Gasteiger partial charge is 0.450 e. The summed E-state index contributed by atoms with van der Waals surface area (Å²) in [6.45, 7) is 2.69. The van der Waals surface area contributed by atoms with Gasteiger partial charge in [-0.3, -0.25) is 5.32 Å². The van der Waals surface area contributed by atoms with Crippen LogP contribution in [0.3, 0.4) is 0 Å². The van der Waals surface area contributed by atoms with Crippen LogP contribution in [0.4, 0.5) is 14.9 Å². The Kier molecular flexibility index (Phi) is 4.90. The SMILES string of the molecule is CCOC(=O)NC(=S)Nc1cc2c(c(Br)c1F)COC2. The van der Waals surface area contributed by atoms with E-state index in [4.69, 9.17) is 17.0 Å². The van der Waals surface area contributed by atoms with Gasteiger partial charge in [0.25, 0.3) is 0 Å². The number of amides is 1. The van der Waals surface area contributed by atoms with Gasteiger partial charge in [0.1, 0.15) is 0 Å². The number of thiocarbonyl (C=S) groups is 1. The molecule has 2 rings (SSSR count). The van der Waals surface area contributed by atoms with E-state index in [1.807, 2.05) is 0 Å². The third-order valence-electron chi connectivity index (χ3n) is 2.64. The lowest BCUT2D eigenvalue weighted by atomic mass is 10.1. The minimum absolute atomic E-state index is 0.0342. The molecule has 0 bridgehead atoms. The second-order valence-corrected chi connectivity index (χ2v) is 5.18. The number of rotatable bonds is 2. The summed E-state index contributed by atoms with van der Waals surface area (Å²) in [7, 11) is 0. The van der Waals surface area contributed by atoms with Crippen molar-refractivity contribution in [3.63, 3.8) is 0 Å². The predicted octanol–water partition coefficient (Wildman–Crippen LogP) is 3.06.